The molecule has 2 aromatic rings. The first-order valence-electron chi connectivity index (χ1n) is 7.18. The summed E-state index contributed by atoms with van der Waals surface area (Å²) in [4.78, 5) is 18.8. The van der Waals surface area contributed by atoms with Gasteiger partial charge in [0.25, 0.3) is 5.91 Å². The average Bonchev–Trinajstić information content (AvgIpc) is 3.04. The van der Waals surface area contributed by atoms with Crippen molar-refractivity contribution >= 4 is 17.7 Å². The van der Waals surface area contributed by atoms with Gasteiger partial charge < -0.3 is 9.64 Å². The van der Waals surface area contributed by atoms with E-state index in [0.717, 1.165) is 12.3 Å². The molecule has 1 amide bonds. The number of rotatable bonds is 3. The van der Waals surface area contributed by atoms with Crippen LogP contribution in [0, 0.1) is 6.92 Å². The molecule has 4 nitrogen and oxygen atoms in total. The molecule has 1 saturated heterocycles. The third kappa shape index (κ3) is 2.95. The highest BCUT2D eigenvalue weighted by molar-refractivity contribution is 7.99. The minimum atomic E-state index is 0.0243. The molecular formula is C17H18N2O2S. The van der Waals surface area contributed by atoms with Gasteiger partial charge in [-0.2, -0.15) is 0 Å². The van der Waals surface area contributed by atoms with Crippen LogP contribution in [0.3, 0.4) is 0 Å². The quantitative estimate of drug-likeness (QED) is 0.872. The van der Waals surface area contributed by atoms with Crippen LogP contribution in [-0.2, 0) is 0 Å². The van der Waals surface area contributed by atoms with Gasteiger partial charge in [0.1, 0.15) is 5.37 Å². The maximum absolute atomic E-state index is 12.8. The predicted octanol–water partition coefficient (Wildman–Crippen LogP) is 3.29. The van der Waals surface area contributed by atoms with Crippen molar-refractivity contribution in [2.24, 2.45) is 0 Å². The molecule has 1 fully saturated rings. The summed E-state index contributed by atoms with van der Waals surface area (Å²) in [5, 5.41) is 0.0762. The fourth-order valence-electron chi connectivity index (χ4n) is 2.51. The lowest BCUT2D eigenvalue weighted by atomic mass is 10.1. The number of aryl methyl sites for hydroxylation is 1. The molecule has 0 spiro atoms. The zero-order valence-electron chi connectivity index (χ0n) is 12.7. The number of methoxy groups -OCH3 is 1. The van der Waals surface area contributed by atoms with Crippen molar-refractivity contribution in [3.05, 3.63) is 59.3 Å². The lowest BCUT2D eigenvalue weighted by Crippen LogP contribution is -2.30. The predicted molar refractivity (Wildman–Crippen MR) is 88.2 cm³/mol. The van der Waals surface area contributed by atoms with Crippen LogP contribution < -0.4 is 4.74 Å². The summed E-state index contributed by atoms with van der Waals surface area (Å²) in [5.41, 5.74) is 3.01. The van der Waals surface area contributed by atoms with Crippen LogP contribution >= 0.6 is 11.8 Å². The Labute approximate surface area is 134 Å². The average molecular weight is 314 g/mol. The highest BCUT2D eigenvalue weighted by Crippen LogP contribution is 2.38. The summed E-state index contributed by atoms with van der Waals surface area (Å²) in [6.07, 6.45) is 1.61. The second-order valence-corrected chi connectivity index (χ2v) is 6.41. The van der Waals surface area contributed by atoms with Gasteiger partial charge in [0.2, 0.25) is 5.88 Å². The van der Waals surface area contributed by atoms with E-state index in [1.165, 1.54) is 11.1 Å². The third-order valence-electron chi connectivity index (χ3n) is 3.71. The number of benzene rings is 1. The Morgan fingerprint density at radius 1 is 1.32 bits per heavy atom. The minimum Gasteiger partial charge on any atom is -0.481 e. The number of amides is 1. The first kappa shape index (κ1) is 14.9. The number of pyridine rings is 1. The fraction of sp³-hybridized carbons (Fsp3) is 0.294. The van der Waals surface area contributed by atoms with Crippen molar-refractivity contribution in [3.63, 3.8) is 0 Å². The SMILES string of the molecule is COc1cc(C(=O)N2CCSC2c2ccc(C)cc2)ccn1. The van der Waals surface area contributed by atoms with Gasteiger partial charge in [-0.15, -0.1) is 11.8 Å². The molecule has 1 aromatic heterocycles. The largest absolute Gasteiger partial charge is 0.481 e. The van der Waals surface area contributed by atoms with Gasteiger partial charge in [-0.1, -0.05) is 29.8 Å². The van der Waals surface area contributed by atoms with Crippen molar-refractivity contribution in [2.75, 3.05) is 19.4 Å². The number of carbonyl (C=O) groups is 1. The Morgan fingerprint density at radius 3 is 2.82 bits per heavy atom. The van der Waals surface area contributed by atoms with E-state index in [1.807, 2.05) is 4.90 Å². The molecule has 1 unspecified atom stereocenters. The van der Waals surface area contributed by atoms with E-state index in [0.29, 0.717) is 11.4 Å². The zero-order valence-corrected chi connectivity index (χ0v) is 13.5. The molecule has 5 heteroatoms. The lowest BCUT2D eigenvalue weighted by Gasteiger charge is -2.24. The minimum absolute atomic E-state index is 0.0243. The van der Waals surface area contributed by atoms with Crippen molar-refractivity contribution < 1.29 is 9.53 Å². The molecule has 0 radical (unpaired) electrons. The highest BCUT2D eigenvalue weighted by atomic mass is 32.2. The molecule has 0 bridgehead atoms. The number of thioether (sulfide) groups is 1. The summed E-state index contributed by atoms with van der Waals surface area (Å²) >= 11 is 1.80. The Bertz CT molecular complexity index is 673. The van der Waals surface area contributed by atoms with E-state index in [4.69, 9.17) is 4.74 Å². The van der Waals surface area contributed by atoms with Crippen molar-refractivity contribution in [2.45, 2.75) is 12.3 Å². The second kappa shape index (κ2) is 6.40. The van der Waals surface area contributed by atoms with Crippen molar-refractivity contribution in [1.82, 2.24) is 9.88 Å². The van der Waals surface area contributed by atoms with Crippen LogP contribution in [0.25, 0.3) is 0 Å². The number of hydrogen-bond acceptors (Lipinski definition) is 4. The van der Waals surface area contributed by atoms with Crippen molar-refractivity contribution in [3.8, 4) is 5.88 Å². The maximum Gasteiger partial charge on any atom is 0.255 e. The number of hydrogen-bond donors (Lipinski definition) is 0. The molecule has 22 heavy (non-hydrogen) atoms. The smallest absolute Gasteiger partial charge is 0.255 e. The molecule has 1 atom stereocenters. The maximum atomic E-state index is 12.8. The van der Waals surface area contributed by atoms with Crippen LogP contribution in [0.1, 0.15) is 26.9 Å². The molecule has 0 saturated carbocycles. The topological polar surface area (TPSA) is 42.4 Å². The van der Waals surface area contributed by atoms with Gasteiger partial charge in [-0.25, -0.2) is 4.98 Å². The Hall–Kier alpha value is -2.01. The van der Waals surface area contributed by atoms with Crippen LogP contribution in [-0.4, -0.2) is 35.2 Å². The zero-order chi connectivity index (χ0) is 15.5. The van der Waals surface area contributed by atoms with Gasteiger partial charge in [-0.3, -0.25) is 4.79 Å². The van der Waals surface area contributed by atoms with E-state index < -0.39 is 0 Å². The van der Waals surface area contributed by atoms with Crippen LogP contribution in [0.15, 0.2) is 42.6 Å². The Kier molecular flexibility index (Phi) is 4.34. The van der Waals surface area contributed by atoms with E-state index >= 15 is 0 Å². The van der Waals surface area contributed by atoms with Gasteiger partial charge in [0.05, 0.1) is 7.11 Å². The third-order valence-corrected chi connectivity index (χ3v) is 4.97. The summed E-state index contributed by atoms with van der Waals surface area (Å²) in [6, 6.07) is 11.8. The summed E-state index contributed by atoms with van der Waals surface area (Å²) in [7, 11) is 1.55. The first-order valence-corrected chi connectivity index (χ1v) is 8.23. The van der Waals surface area contributed by atoms with E-state index in [-0.39, 0.29) is 11.3 Å². The molecular weight excluding hydrogens is 296 g/mol. The molecule has 2 heterocycles. The second-order valence-electron chi connectivity index (χ2n) is 5.22. The Morgan fingerprint density at radius 2 is 2.09 bits per heavy atom. The first-order chi connectivity index (χ1) is 10.7. The molecule has 0 aliphatic carbocycles. The highest BCUT2D eigenvalue weighted by Gasteiger charge is 2.31. The van der Waals surface area contributed by atoms with Gasteiger partial charge >= 0.3 is 0 Å². The summed E-state index contributed by atoms with van der Waals surface area (Å²) in [5.74, 6) is 1.44. The molecule has 1 aliphatic heterocycles. The number of carbonyl (C=O) groups excluding carboxylic acids is 1. The Balaban J connectivity index is 1.85. The number of nitrogens with zero attached hydrogens (tertiary/aromatic N) is 2. The van der Waals surface area contributed by atoms with Gasteiger partial charge in [0, 0.05) is 30.1 Å². The molecule has 0 N–H and O–H groups in total. The molecule has 3 rings (SSSR count). The van der Waals surface area contributed by atoms with Gasteiger partial charge in [-0.05, 0) is 18.6 Å². The van der Waals surface area contributed by atoms with E-state index in [1.54, 1.807) is 37.2 Å². The number of ether oxygens (including phenoxy) is 1. The standard InChI is InChI=1S/C17H18N2O2S/c1-12-3-5-13(6-4-12)17-19(9-10-22-17)16(20)14-7-8-18-15(11-14)21-2/h3-8,11,17H,9-10H2,1-2H3. The normalized spacial score (nSPS) is 17.5. The molecule has 1 aromatic carbocycles. The number of aromatic nitrogens is 1. The van der Waals surface area contributed by atoms with Crippen LogP contribution in [0.2, 0.25) is 0 Å². The molecule has 1 aliphatic rings. The fourth-order valence-corrected chi connectivity index (χ4v) is 3.76. The van der Waals surface area contributed by atoms with Gasteiger partial charge in [0.15, 0.2) is 0 Å². The monoisotopic (exact) mass is 314 g/mol. The molecule has 114 valence electrons. The van der Waals surface area contributed by atoms with Crippen LogP contribution in [0.5, 0.6) is 5.88 Å². The van der Waals surface area contributed by atoms with Crippen LogP contribution in [0.4, 0.5) is 0 Å². The summed E-state index contributed by atoms with van der Waals surface area (Å²) in [6.45, 7) is 2.82. The van der Waals surface area contributed by atoms with Crippen molar-refractivity contribution in [1.29, 1.82) is 0 Å². The summed E-state index contributed by atoms with van der Waals surface area (Å²) < 4.78 is 5.11. The van der Waals surface area contributed by atoms with E-state index in [2.05, 4.69) is 36.2 Å². The lowest BCUT2D eigenvalue weighted by molar-refractivity contribution is 0.0759. The van der Waals surface area contributed by atoms with E-state index in [9.17, 15) is 4.79 Å².